The van der Waals surface area contributed by atoms with Crippen molar-refractivity contribution >= 4 is 71.2 Å². The smallest absolute Gasteiger partial charge is 0.0553 e. The molecule has 0 bridgehead atoms. The van der Waals surface area contributed by atoms with Gasteiger partial charge >= 0.3 is 0 Å². The van der Waals surface area contributed by atoms with Crippen LogP contribution in [-0.2, 0) is 5.41 Å². The predicted octanol–water partition coefficient (Wildman–Crippen LogP) is 15.1. The molecule has 1 heterocycles. The van der Waals surface area contributed by atoms with Crippen molar-refractivity contribution in [1.82, 2.24) is 4.57 Å². The Bertz CT molecular complexity index is 3310. The zero-order valence-corrected chi connectivity index (χ0v) is 31.9. The number of nitrogens with zero attached hydrogens (tertiary/aromatic N) is 2. The van der Waals surface area contributed by atoms with Gasteiger partial charge in [-0.3, -0.25) is 0 Å². The number of anilines is 3. The summed E-state index contributed by atoms with van der Waals surface area (Å²) in [6, 6.07) is 71.7. The van der Waals surface area contributed by atoms with E-state index in [1.165, 1.54) is 93.2 Å². The van der Waals surface area contributed by atoms with Crippen LogP contribution >= 0.6 is 0 Å². The van der Waals surface area contributed by atoms with Gasteiger partial charge in [-0.1, -0.05) is 147 Å². The molecule has 1 aliphatic carbocycles. The SMILES string of the molecule is CC1(C)c2ccccc2-c2ccc(-n3c4ccccc4c4c5ccc6ccc(-c7ccc(N(c8ccccc8)c8ccccc8)cc7)c7ccc(cc43)c5c67)cc21. The maximum atomic E-state index is 2.50. The van der Waals surface area contributed by atoms with E-state index in [1.807, 2.05) is 0 Å². The normalized spacial score (nSPS) is 13.2. The minimum absolute atomic E-state index is 0.0708. The van der Waals surface area contributed by atoms with Gasteiger partial charge in [-0.05, 0) is 126 Å². The number of hydrogen-bond acceptors (Lipinski definition) is 1. The third-order valence-corrected chi connectivity index (χ3v) is 12.7. The van der Waals surface area contributed by atoms with Gasteiger partial charge in [-0.2, -0.15) is 0 Å². The second-order valence-electron chi connectivity index (χ2n) is 16.1. The summed E-state index contributed by atoms with van der Waals surface area (Å²) >= 11 is 0. The number of hydrogen-bond donors (Lipinski definition) is 0. The average Bonchev–Trinajstić information content (AvgIpc) is 3.71. The molecule has 0 fully saturated rings. The van der Waals surface area contributed by atoms with Gasteiger partial charge in [0.05, 0.1) is 11.0 Å². The lowest BCUT2D eigenvalue weighted by atomic mass is 9.82. The fraction of sp³-hybridized carbons (Fsp3) is 0.0545. The molecule has 0 spiro atoms. The van der Waals surface area contributed by atoms with Crippen molar-refractivity contribution in [3.05, 3.63) is 205 Å². The highest BCUT2D eigenvalue weighted by Crippen LogP contribution is 2.50. The Hall–Kier alpha value is -7.16. The molecule has 12 rings (SSSR count). The van der Waals surface area contributed by atoms with Crippen LogP contribution < -0.4 is 4.90 Å². The summed E-state index contributed by atoms with van der Waals surface area (Å²) in [7, 11) is 0. The molecule has 1 aliphatic rings. The Labute approximate surface area is 331 Å². The van der Waals surface area contributed by atoms with E-state index in [1.54, 1.807) is 0 Å². The second-order valence-corrected chi connectivity index (χ2v) is 16.1. The second kappa shape index (κ2) is 11.9. The van der Waals surface area contributed by atoms with Gasteiger partial charge in [0.2, 0.25) is 0 Å². The Morgan fingerprint density at radius 1 is 0.386 bits per heavy atom. The lowest BCUT2D eigenvalue weighted by molar-refractivity contribution is 0.660. The predicted molar refractivity (Wildman–Crippen MR) is 242 cm³/mol. The summed E-state index contributed by atoms with van der Waals surface area (Å²) in [5, 5.41) is 10.4. The lowest BCUT2D eigenvalue weighted by Crippen LogP contribution is -2.15. The molecule has 11 aromatic rings. The summed E-state index contributed by atoms with van der Waals surface area (Å²) in [5.74, 6) is 0. The van der Waals surface area contributed by atoms with Crippen LogP contribution in [0, 0.1) is 0 Å². The van der Waals surface area contributed by atoms with Crippen molar-refractivity contribution < 1.29 is 0 Å². The molecule has 0 aliphatic heterocycles. The molecular weight excluding hydrogens is 689 g/mol. The first-order valence-corrected chi connectivity index (χ1v) is 19.9. The quantitative estimate of drug-likeness (QED) is 0.160. The van der Waals surface area contributed by atoms with Crippen molar-refractivity contribution in [1.29, 1.82) is 0 Å². The van der Waals surface area contributed by atoms with Gasteiger partial charge in [0, 0.05) is 38.9 Å². The highest BCUT2D eigenvalue weighted by atomic mass is 15.1. The summed E-state index contributed by atoms with van der Waals surface area (Å²) in [4.78, 5) is 2.32. The van der Waals surface area contributed by atoms with E-state index in [2.05, 4.69) is 217 Å². The summed E-state index contributed by atoms with van der Waals surface area (Å²) in [6.45, 7) is 4.73. The van der Waals surface area contributed by atoms with Crippen LogP contribution in [0.2, 0.25) is 0 Å². The molecular formula is C55H38N2. The Kier molecular flexibility index (Phi) is 6.72. The van der Waals surface area contributed by atoms with E-state index in [0.29, 0.717) is 0 Å². The van der Waals surface area contributed by atoms with Crippen LogP contribution in [0.4, 0.5) is 17.1 Å². The first-order chi connectivity index (χ1) is 28.0. The van der Waals surface area contributed by atoms with Gasteiger partial charge in [-0.25, -0.2) is 0 Å². The maximum Gasteiger partial charge on any atom is 0.0553 e. The van der Waals surface area contributed by atoms with Crippen LogP contribution in [-0.4, -0.2) is 4.57 Å². The van der Waals surface area contributed by atoms with Crippen LogP contribution in [0.15, 0.2) is 194 Å². The van der Waals surface area contributed by atoms with Gasteiger partial charge in [0.1, 0.15) is 0 Å². The van der Waals surface area contributed by atoms with E-state index < -0.39 is 0 Å². The first kappa shape index (κ1) is 32.1. The van der Waals surface area contributed by atoms with Crippen molar-refractivity contribution in [3.8, 4) is 27.9 Å². The van der Waals surface area contributed by atoms with Crippen molar-refractivity contribution in [2.45, 2.75) is 19.3 Å². The largest absolute Gasteiger partial charge is 0.311 e. The molecule has 268 valence electrons. The zero-order chi connectivity index (χ0) is 37.8. The standard InChI is InChI=1S/C55H38N2/c1-55(2)48-19-11-9-17-43(48)44-32-28-41(34-49(44)55)57-50-20-12-10-18-46(50)54-47-31-24-36-23-29-42(45-30-25-37(33-51(54)57)53(47)52(36)45)35-21-26-40(27-22-35)56(38-13-5-3-6-14-38)39-15-7-4-8-16-39/h3-34H,1-2H3. The topological polar surface area (TPSA) is 8.17 Å². The molecule has 2 heteroatoms. The maximum absolute atomic E-state index is 2.50. The van der Waals surface area contributed by atoms with Gasteiger partial charge in [0.15, 0.2) is 0 Å². The van der Waals surface area contributed by atoms with Crippen molar-refractivity contribution in [2.24, 2.45) is 0 Å². The first-order valence-electron chi connectivity index (χ1n) is 19.9. The molecule has 57 heavy (non-hydrogen) atoms. The van der Waals surface area contributed by atoms with E-state index in [0.717, 1.165) is 17.1 Å². The third-order valence-electron chi connectivity index (χ3n) is 12.7. The zero-order valence-electron chi connectivity index (χ0n) is 31.9. The number of fused-ring (bicyclic) bond motifs is 7. The fourth-order valence-electron chi connectivity index (χ4n) is 10.1. The molecule has 0 N–H and O–H groups in total. The summed E-state index contributed by atoms with van der Waals surface area (Å²) in [6.07, 6.45) is 0. The van der Waals surface area contributed by atoms with Gasteiger partial charge in [-0.15, -0.1) is 0 Å². The van der Waals surface area contributed by atoms with E-state index >= 15 is 0 Å². The highest BCUT2D eigenvalue weighted by molar-refractivity contribution is 6.34. The number of benzene rings is 10. The molecule has 0 saturated heterocycles. The summed E-state index contributed by atoms with van der Waals surface area (Å²) < 4.78 is 2.50. The summed E-state index contributed by atoms with van der Waals surface area (Å²) in [5.41, 5.74) is 15.0. The van der Waals surface area contributed by atoms with Gasteiger partial charge in [0.25, 0.3) is 0 Å². The van der Waals surface area contributed by atoms with Crippen LogP contribution in [0.3, 0.4) is 0 Å². The van der Waals surface area contributed by atoms with E-state index in [4.69, 9.17) is 0 Å². The Morgan fingerprint density at radius 2 is 0.982 bits per heavy atom. The van der Waals surface area contributed by atoms with E-state index in [9.17, 15) is 0 Å². The van der Waals surface area contributed by atoms with Gasteiger partial charge < -0.3 is 9.47 Å². The average molecular weight is 727 g/mol. The number of aromatic nitrogens is 1. The lowest BCUT2D eigenvalue weighted by Gasteiger charge is -2.25. The monoisotopic (exact) mass is 726 g/mol. The third kappa shape index (κ3) is 4.59. The molecule has 1 aromatic heterocycles. The fourth-order valence-corrected chi connectivity index (χ4v) is 10.1. The van der Waals surface area contributed by atoms with Crippen molar-refractivity contribution in [3.63, 3.8) is 0 Å². The molecule has 10 aromatic carbocycles. The molecule has 2 nitrogen and oxygen atoms in total. The Balaban J connectivity index is 1.04. The minimum atomic E-state index is -0.0708. The van der Waals surface area contributed by atoms with Crippen LogP contribution in [0.1, 0.15) is 25.0 Å². The van der Waals surface area contributed by atoms with E-state index in [-0.39, 0.29) is 5.41 Å². The molecule has 0 unspecified atom stereocenters. The highest BCUT2D eigenvalue weighted by Gasteiger charge is 2.35. The van der Waals surface area contributed by atoms with Crippen LogP contribution in [0.25, 0.3) is 82.1 Å². The molecule has 0 atom stereocenters. The molecule has 0 saturated carbocycles. The minimum Gasteiger partial charge on any atom is -0.311 e. The molecule has 0 radical (unpaired) electrons. The van der Waals surface area contributed by atoms with Crippen molar-refractivity contribution in [2.75, 3.05) is 4.90 Å². The van der Waals surface area contributed by atoms with Crippen LogP contribution in [0.5, 0.6) is 0 Å². The number of para-hydroxylation sites is 3. The number of rotatable bonds is 5. The Morgan fingerprint density at radius 3 is 1.77 bits per heavy atom. The molecule has 0 amide bonds.